The molecule has 106 valence electrons. The Morgan fingerprint density at radius 2 is 2.00 bits per heavy atom. The number of carbonyl (C=O) groups excluding carboxylic acids is 1. The minimum absolute atomic E-state index is 0. The molecule has 0 spiro atoms. The quantitative estimate of drug-likeness (QED) is 0.438. The van der Waals surface area contributed by atoms with Crippen molar-refractivity contribution in [1.82, 2.24) is 5.43 Å². The maximum atomic E-state index is 11.5. The maximum absolute atomic E-state index is 11.5. The van der Waals surface area contributed by atoms with E-state index in [9.17, 15) is 4.79 Å². The number of rotatable bonds is 4. The van der Waals surface area contributed by atoms with Crippen LogP contribution in [0, 0.1) is 0 Å². The van der Waals surface area contributed by atoms with Gasteiger partial charge in [-0.05, 0) is 12.1 Å². The van der Waals surface area contributed by atoms with Crippen LogP contribution in [0.2, 0.25) is 10.0 Å². The molecule has 0 atom stereocenters. The van der Waals surface area contributed by atoms with Gasteiger partial charge in [0, 0.05) is 10.6 Å². The van der Waals surface area contributed by atoms with Gasteiger partial charge in [0.2, 0.25) is 0 Å². The summed E-state index contributed by atoms with van der Waals surface area (Å²) in [7, 11) is 5.79. The highest BCUT2D eigenvalue weighted by atomic mass is 35.5. The number of hydrogen-bond donors (Lipinski definition) is 1. The third-order valence-electron chi connectivity index (χ3n) is 1.97. The first-order chi connectivity index (χ1) is 8.28. The van der Waals surface area contributed by atoms with Gasteiger partial charge in [0.15, 0.2) is 6.54 Å². The van der Waals surface area contributed by atoms with E-state index in [1.165, 1.54) is 6.21 Å². The maximum Gasteiger partial charge on any atom is 0.295 e. The van der Waals surface area contributed by atoms with Crippen LogP contribution in [0.3, 0.4) is 0 Å². The van der Waals surface area contributed by atoms with Gasteiger partial charge in [0.05, 0.1) is 32.4 Å². The predicted octanol–water partition coefficient (Wildman–Crippen LogP) is -0.846. The van der Waals surface area contributed by atoms with E-state index in [2.05, 4.69) is 10.5 Å². The van der Waals surface area contributed by atoms with E-state index < -0.39 is 0 Å². The molecule has 0 saturated carbocycles. The summed E-state index contributed by atoms with van der Waals surface area (Å²) in [5.41, 5.74) is 3.15. The summed E-state index contributed by atoms with van der Waals surface area (Å²) in [6, 6.07) is 5.07. The lowest BCUT2D eigenvalue weighted by Crippen LogP contribution is -3.00. The molecule has 0 bridgehead atoms. The minimum Gasteiger partial charge on any atom is -1.00 e. The Balaban J connectivity index is 0.00000324. The van der Waals surface area contributed by atoms with Crippen molar-refractivity contribution < 1.29 is 21.7 Å². The largest absolute Gasteiger partial charge is 1.00 e. The molecule has 1 aromatic carbocycles. The molecule has 1 N–H and O–H groups in total. The Kier molecular flexibility index (Phi) is 7.37. The summed E-state index contributed by atoms with van der Waals surface area (Å²) < 4.78 is 0.545. The predicted molar refractivity (Wildman–Crippen MR) is 75.1 cm³/mol. The third kappa shape index (κ3) is 7.38. The highest BCUT2D eigenvalue weighted by Gasteiger charge is 2.13. The van der Waals surface area contributed by atoms with Crippen molar-refractivity contribution in [3.8, 4) is 0 Å². The van der Waals surface area contributed by atoms with Gasteiger partial charge in [-0.1, -0.05) is 29.3 Å². The smallest absolute Gasteiger partial charge is 0.295 e. The highest BCUT2D eigenvalue weighted by Crippen LogP contribution is 2.19. The van der Waals surface area contributed by atoms with Crippen molar-refractivity contribution in [2.45, 2.75) is 0 Å². The fourth-order valence-corrected chi connectivity index (χ4v) is 1.70. The van der Waals surface area contributed by atoms with Gasteiger partial charge in [0.25, 0.3) is 5.91 Å². The van der Waals surface area contributed by atoms with E-state index in [0.717, 1.165) is 0 Å². The van der Waals surface area contributed by atoms with Crippen LogP contribution in [-0.2, 0) is 4.79 Å². The van der Waals surface area contributed by atoms with Gasteiger partial charge in [-0.3, -0.25) is 4.79 Å². The molecule has 0 radical (unpaired) electrons. The van der Waals surface area contributed by atoms with Crippen LogP contribution >= 0.6 is 23.2 Å². The Labute approximate surface area is 129 Å². The second-order valence-electron chi connectivity index (χ2n) is 4.91. The van der Waals surface area contributed by atoms with Crippen molar-refractivity contribution in [3.05, 3.63) is 33.8 Å². The van der Waals surface area contributed by atoms with Crippen molar-refractivity contribution in [3.63, 3.8) is 0 Å². The van der Waals surface area contributed by atoms with Crippen LogP contribution in [0.5, 0.6) is 0 Å². The summed E-state index contributed by atoms with van der Waals surface area (Å²) in [6.07, 6.45) is 1.49. The molecule has 7 heteroatoms. The molecule has 0 heterocycles. The number of nitrogens with one attached hydrogen (secondary N) is 1. The first kappa shape index (κ1) is 18.2. The van der Waals surface area contributed by atoms with Crippen molar-refractivity contribution in [2.75, 3.05) is 27.7 Å². The zero-order valence-corrected chi connectivity index (χ0v) is 13.2. The molecule has 0 fully saturated rings. The van der Waals surface area contributed by atoms with E-state index in [-0.39, 0.29) is 18.3 Å². The molecule has 0 aliphatic heterocycles. The SMILES string of the molecule is C[N+](C)(C)CC(=O)NN=Cc1ccc(Cl)cc1Cl.[Cl-]. The van der Waals surface area contributed by atoms with E-state index in [1.807, 2.05) is 21.1 Å². The molecule has 0 aliphatic rings. The first-order valence-electron chi connectivity index (χ1n) is 5.35. The van der Waals surface area contributed by atoms with Crippen LogP contribution in [0.4, 0.5) is 0 Å². The zero-order chi connectivity index (χ0) is 13.8. The zero-order valence-electron chi connectivity index (χ0n) is 11.0. The summed E-state index contributed by atoms with van der Waals surface area (Å²) in [4.78, 5) is 11.5. The summed E-state index contributed by atoms with van der Waals surface area (Å²) in [5, 5.41) is 4.91. The minimum atomic E-state index is -0.149. The van der Waals surface area contributed by atoms with Crippen molar-refractivity contribution >= 4 is 35.3 Å². The lowest BCUT2D eigenvalue weighted by Gasteiger charge is -2.21. The summed E-state index contributed by atoms with van der Waals surface area (Å²) >= 11 is 11.7. The fourth-order valence-electron chi connectivity index (χ4n) is 1.25. The molecule has 4 nitrogen and oxygen atoms in total. The molecular weight excluding hydrogens is 309 g/mol. The van der Waals surface area contributed by atoms with Crippen LogP contribution < -0.4 is 17.8 Å². The molecule has 1 rings (SSSR count). The lowest BCUT2D eigenvalue weighted by molar-refractivity contribution is -0.862. The number of benzene rings is 1. The summed E-state index contributed by atoms with van der Waals surface area (Å²) in [6.45, 7) is 0.353. The number of halogens is 3. The molecule has 0 unspecified atom stereocenters. The van der Waals surface area contributed by atoms with Gasteiger partial charge >= 0.3 is 0 Å². The second-order valence-corrected chi connectivity index (χ2v) is 5.75. The number of nitrogens with zero attached hydrogens (tertiary/aromatic N) is 2. The van der Waals surface area contributed by atoms with Gasteiger partial charge < -0.3 is 16.9 Å². The van der Waals surface area contributed by atoms with Crippen LogP contribution in [0.15, 0.2) is 23.3 Å². The molecule has 1 amide bonds. The number of likely N-dealkylation sites (N-methyl/N-ethyl adjacent to an activating group) is 1. The molecular formula is C12H16Cl3N3O. The van der Waals surface area contributed by atoms with E-state index in [0.29, 0.717) is 26.6 Å². The van der Waals surface area contributed by atoms with E-state index in [1.54, 1.807) is 18.2 Å². The second kappa shape index (κ2) is 7.70. The molecule has 0 aromatic heterocycles. The Bertz CT molecular complexity index is 470. The van der Waals surface area contributed by atoms with Gasteiger partial charge in [-0.15, -0.1) is 0 Å². The highest BCUT2D eigenvalue weighted by molar-refractivity contribution is 6.36. The average Bonchev–Trinajstić information content (AvgIpc) is 2.18. The molecule has 19 heavy (non-hydrogen) atoms. The number of amides is 1. The van der Waals surface area contributed by atoms with Gasteiger partial charge in [-0.2, -0.15) is 5.10 Å². The van der Waals surface area contributed by atoms with Gasteiger partial charge in [0.1, 0.15) is 0 Å². The monoisotopic (exact) mass is 323 g/mol. The van der Waals surface area contributed by atoms with E-state index in [4.69, 9.17) is 23.2 Å². The Morgan fingerprint density at radius 3 is 2.53 bits per heavy atom. The number of hydrogen-bond acceptors (Lipinski definition) is 2. The number of carbonyl (C=O) groups is 1. The molecule has 1 aromatic rings. The molecule has 0 saturated heterocycles. The summed E-state index contributed by atoms with van der Waals surface area (Å²) in [5.74, 6) is -0.149. The average molecular weight is 325 g/mol. The first-order valence-corrected chi connectivity index (χ1v) is 6.11. The fraction of sp³-hybridized carbons (Fsp3) is 0.333. The van der Waals surface area contributed by atoms with Crippen molar-refractivity contribution in [2.24, 2.45) is 5.10 Å². The Morgan fingerprint density at radius 1 is 1.37 bits per heavy atom. The Hall–Kier alpha value is -0.810. The van der Waals surface area contributed by atoms with E-state index >= 15 is 0 Å². The molecule has 0 aliphatic carbocycles. The van der Waals surface area contributed by atoms with Crippen LogP contribution in [0.25, 0.3) is 0 Å². The third-order valence-corrected chi connectivity index (χ3v) is 2.54. The van der Waals surface area contributed by atoms with Crippen LogP contribution in [-0.4, -0.2) is 44.3 Å². The topological polar surface area (TPSA) is 41.5 Å². The standard InChI is InChI=1S/C12H15Cl2N3O.ClH/c1-17(2,3)8-12(18)16-15-7-9-4-5-10(13)6-11(9)14;/h4-7H,8H2,1-3H3;1H. The van der Waals surface area contributed by atoms with Crippen LogP contribution in [0.1, 0.15) is 5.56 Å². The van der Waals surface area contributed by atoms with Crippen molar-refractivity contribution in [1.29, 1.82) is 0 Å². The normalized spacial score (nSPS) is 11.2. The van der Waals surface area contributed by atoms with Gasteiger partial charge in [-0.25, -0.2) is 5.43 Å². The number of quaternary nitrogens is 1. The number of hydrazone groups is 1. The lowest BCUT2D eigenvalue weighted by atomic mass is 10.2.